The third kappa shape index (κ3) is 4.08. The van der Waals surface area contributed by atoms with Gasteiger partial charge < -0.3 is 16.0 Å². The third-order valence-corrected chi connectivity index (χ3v) is 3.25. The molecule has 0 radical (unpaired) electrons. The van der Waals surface area contributed by atoms with Gasteiger partial charge in [-0.1, -0.05) is 6.07 Å². The first-order valence-corrected chi connectivity index (χ1v) is 6.14. The molecule has 2 rings (SSSR count). The number of urea groups is 1. The number of hydrogen-bond acceptors (Lipinski definition) is 2. The summed E-state index contributed by atoms with van der Waals surface area (Å²) >= 11 is 0. The van der Waals surface area contributed by atoms with Crippen molar-refractivity contribution < 1.29 is 9.18 Å². The van der Waals surface area contributed by atoms with E-state index in [1.807, 2.05) is 0 Å². The van der Waals surface area contributed by atoms with Crippen molar-refractivity contribution in [2.45, 2.75) is 25.8 Å². The second kappa shape index (κ2) is 6.73. The van der Waals surface area contributed by atoms with Gasteiger partial charge in [-0.15, -0.1) is 12.4 Å². The molecule has 0 atom stereocenters. The summed E-state index contributed by atoms with van der Waals surface area (Å²) in [6.45, 7) is 3.00. The first kappa shape index (κ1) is 15.7. The van der Waals surface area contributed by atoms with E-state index in [0.717, 1.165) is 12.8 Å². The molecule has 1 fully saturated rings. The molecule has 0 bridgehead atoms. The molecule has 0 saturated carbocycles. The quantitative estimate of drug-likeness (QED) is 0.834. The summed E-state index contributed by atoms with van der Waals surface area (Å²) in [6.07, 6.45) is 1.63. The molecule has 1 aromatic carbocycles. The van der Waals surface area contributed by atoms with Crippen LogP contribution >= 0.6 is 12.4 Å². The summed E-state index contributed by atoms with van der Waals surface area (Å²) in [4.78, 5) is 13.6. The Labute approximate surface area is 118 Å². The molecular formula is C13H19ClFN3O. The Morgan fingerprint density at radius 2 is 2.05 bits per heavy atom. The minimum Gasteiger partial charge on any atom is -0.328 e. The van der Waals surface area contributed by atoms with E-state index in [9.17, 15) is 9.18 Å². The maximum absolute atomic E-state index is 13.3. The lowest BCUT2D eigenvalue weighted by Crippen LogP contribution is -2.44. The number of carbonyl (C=O) groups excluding carboxylic acids is 1. The average molecular weight is 288 g/mol. The number of piperidine rings is 1. The number of amides is 2. The molecule has 0 unspecified atom stereocenters. The van der Waals surface area contributed by atoms with Gasteiger partial charge in [0, 0.05) is 24.8 Å². The number of rotatable bonds is 1. The lowest BCUT2D eigenvalue weighted by molar-refractivity contribution is 0.195. The second-order valence-electron chi connectivity index (χ2n) is 4.72. The van der Waals surface area contributed by atoms with Crippen molar-refractivity contribution in [3.05, 3.63) is 29.6 Å². The number of aryl methyl sites for hydroxylation is 1. The van der Waals surface area contributed by atoms with Gasteiger partial charge in [0.1, 0.15) is 5.82 Å². The molecule has 1 saturated heterocycles. The van der Waals surface area contributed by atoms with Crippen molar-refractivity contribution in [3.8, 4) is 0 Å². The largest absolute Gasteiger partial charge is 0.328 e. The van der Waals surface area contributed by atoms with Crippen molar-refractivity contribution in [1.29, 1.82) is 0 Å². The smallest absolute Gasteiger partial charge is 0.321 e. The Hall–Kier alpha value is -1.33. The van der Waals surface area contributed by atoms with Crippen molar-refractivity contribution >= 4 is 24.1 Å². The molecule has 1 aliphatic heterocycles. The van der Waals surface area contributed by atoms with Gasteiger partial charge in [-0.3, -0.25) is 0 Å². The molecule has 6 heteroatoms. The summed E-state index contributed by atoms with van der Waals surface area (Å²) in [7, 11) is 0. The Kier molecular flexibility index (Phi) is 5.57. The molecule has 3 N–H and O–H groups in total. The summed E-state index contributed by atoms with van der Waals surface area (Å²) in [5.41, 5.74) is 6.83. The van der Waals surface area contributed by atoms with Gasteiger partial charge in [-0.25, -0.2) is 9.18 Å². The number of benzene rings is 1. The molecule has 2 amide bonds. The highest BCUT2D eigenvalue weighted by Crippen LogP contribution is 2.15. The number of anilines is 1. The molecule has 1 aliphatic rings. The highest BCUT2D eigenvalue weighted by atomic mass is 35.5. The van der Waals surface area contributed by atoms with E-state index in [-0.39, 0.29) is 30.3 Å². The summed E-state index contributed by atoms with van der Waals surface area (Å²) < 4.78 is 13.3. The van der Waals surface area contributed by atoms with Crippen molar-refractivity contribution in [3.63, 3.8) is 0 Å². The van der Waals surface area contributed by atoms with Crippen molar-refractivity contribution in [1.82, 2.24) is 4.90 Å². The fourth-order valence-corrected chi connectivity index (χ4v) is 1.98. The van der Waals surface area contributed by atoms with Gasteiger partial charge in [0.05, 0.1) is 0 Å². The Morgan fingerprint density at radius 1 is 1.42 bits per heavy atom. The van der Waals surface area contributed by atoms with E-state index >= 15 is 0 Å². The predicted molar refractivity (Wildman–Crippen MR) is 76.2 cm³/mol. The third-order valence-electron chi connectivity index (χ3n) is 3.25. The van der Waals surface area contributed by atoms with Crippen LogP contribution in [0.25, 0.3) is 0 Å². The number of likely N-dealkylation sites (tertiary alicyclic amines) is 1. The van der Waals surface area contributed by atoms with Gasteiger partial charge in [0.25, 0.3) is 0 Å². The molecule has 0 aromatic heterocycles. The Balaban J connectivity index is 0.00000180. The van der Waals surface area contributed by atoms with Crippen LogP contribution in [-0.4, -0.2) is 30.1 Å². The summed E-state index contributed by atoms with van der Waals surface area (Å²) in [6, 6.07) is 4.68. The monoisotopic (exact) mass is 287 g/mol. The van der Waals surface area contributed by atoms with E-state index in [2.05, 4.69) is 5.32 Å². The van der Waals surface area contributed by atoms with Crippen LogP contribution < -0.4 is 11.1 Å². The van der Waals surface area contributed by atoms with E-state index in [4.69, 9.17) is 5.73 Å². The zero-order valence-corrected chi connectivity index (χ0v) is 11.7. The normalized spacial score (nSPS) is 15.8. The minimum absolute atomic E-state index is 0. The van der Waals surface area contributed by atoms with Crippen molar-refractivity contribution in [2.24, 2.45) is 5.73 Å². The molecule has 106 valence electrons. The number of nitrogens with one attached hydrogen (secondary N) is 1. The number of nitrogens with two attached hydrogens (primary N) is 1. The predicted octanol–water partition coefficient (Wildman–Crippen LogP) is 2.51. The molecule has 4 nitrogen and oxygen atoms in total. The molecular weight excluding hydrogens is 269 g/mol. The Morgan fingerprint density at radius 3 is 2.63 bits per heavy atom. The first-order valence-electron chi connectivity index (χ1n) is 6.14. The molecule has 19 heavy (non-hydrogen) atoms. The van der Waals surface area contributed by atoms with Crippen molar-refractivity contribution in [2.75, 3.05) is 18.4 Å². The van der Waals surface area contributed by atoms with Gasteiger partial charge in [-0.2, -0.15) is 0 Å². The first-order chi connectivity index (χ1) is 8.56. The second-order valence-corrected chi connectivity index (χ2v) is 4.72. The minimum atomic E-state index is -0.312. The van der Waals surface area contributed by atoms with Crippen LogP contribution in [0.15, 0.2) is 18.2 Å². The molecule has 0 aliphatic carbocycles. The van der Waals surface area contributed by atoms with Gasteiger partial charge in [0.15, 0.2) is 0 Å². The summed E-state index contributed by atoms with van der Waals surface area (Å²) in [5.74, 6) is -0.312. The zero-order valence-electron chi connectivity index (χ0n) is 10.9. The lowest BCUT2D eigenvalue weighted by atomic mass is 10.1. The van der Waals surface area contributed by atoms with Crippen LogP contribution in [-0.2, 0) is 0 Å². The number of nitrogens with zero attached hydrogens (tertiary/aromatic N) is 1. The maximum atomic E-state index is 13.3. The van der Waals surface area contributed by atoms with E-state index in [1.54, 1.807) is 24.0 Å². The highest BCUT2D eigenvalue weighted by Gasteiger charge is 2.20. The fourth-order valence-electron chi connectivity index (χ4n) is 1.98. The maximum Gasteiger partial charge on any atom is 0.321 e. The van der Waals surface area contributed by atoms with Gasteiger partial charge >= 0.3 is 6.03 Å². The van der Waals surface area contributed by atoms with Crippen LogP contribution in [0.3, 0.4) is 0 Å². The van der Waals surface area contributed by atoms with E-state index in [0.29, 0.717) is 24.3 Å². The number of halogens is 2. The lowest BCUT2D eigenvalue weighted by Gasteiger charge is -2.30. The Bertz CT molecular complexity index is 448. The van der Waals surface area contributed by atoms with Crippen LogP contribution in [0.2, 0.25) is 0 Å². The summed E-state index contributed by atoms with van der Waals surface area (Å²) in [5, 5.41) is 2.70. The van der Waals surface area contributed by atoms with Crippen LogP contribution in [0.4, 0.5) is 14.9 Å². The molecule has 1 aromatic rings. The van der Waals surface area contributed by atoms with Crippen LogP contribution in [0.5, 0.6) is 0 Å². The topological polar surface area (TPSA) is 58.4 Å². The van der Waals surface area contributed by atoms with E-state index in [1.165, 1.54) is 6.07 Å². The highest BCUT2D eigenvalue weighted by molar-refractivity contribution is 5.89. The SMILES string of the molecule is Cc1ccc(NC(=O)N2CCC(N)CC2)cc1F.Cl. The van der Waals surface area contributed by atoms with Gasteiger partial charge in [-0.05, 0) is 37.5 Å². The van der Waals surface area contributed by atoms with Crippen LogP contribution in [0, 0.1) is 12.7 Å². The molecule has 1 heterocycles. The average Bonchev–Trinajstić information content (AvgIpc) is 2.34. The van der Waals surface area contributed by atoms with E-state index < -0.39 is 0 Å². The zero-order chi connectivity index (χ0) is 13.1. The standard InChI is InChI=1S/C13H18FN3O.ClH/c1-9-2-3-11(8-12(9)14)16-13(18)17-6-4-10(15)5-7-17;/h2-3,8,10H,4-7,15H2,1H3,(H,16,18);1H. The van der Waals surface area contributed by atoms with Crippen LogP contribution in [0.1, 0.15) is 18.4 Å². The number of hydrogen-bond donors (Lipinski definition) is 2. The molecule has 0 spiro atoms. The number of carbonyl (C=O) groups is 1. The fraction of sp³-hybridized carbons (Fsp3) is 0.462. The van der Waals surface area contributed by atoms with Gasteiger partial charge in [0.2, 0.25) is 0 Å².